The second-order valence-electron chi connectivity index (χ2n) is 12.2. The van der Waals surface area contributed by atoms with Gasteiger partial charge in [0.2, 0.25) is 11.8 Å². The fourth-order valence-corrected chi connectivity index (χ4v) is 6.98. The Labute approximate surface area is 241 Å². The Morgan fingerprint density at radius 2 is 1.68 bits per heavy atom. The standard InChI is InChI=1S/C32H41N7O2/c40-32(22-25-8-3-1-4-9-25)13-19-36(20-14-32)24-26-23-33-31(39-30(26)34-29(35-39)28-10-7-21-41-28)38-17-11-27(12-18-38)37-15-5-2-6-16-37/h1,3-4,7-10,21,23,27,40H,2,5-6,11-20,22,24H2. The lowest BCUT2D eigenvalue weighted by molar-refractivity contribution is -0.0224. The summed E-state index contributed by atoms with van der Waals surface area (Å²) in [4.78, 5) is 17.4. The zero-order chi connectivity index (χ0) is 27.6. The molecule has 0 spiro atoms. The molecule has 0 unspecified atom stereocenters. The van der Waals surface area contributed by atoms with Crippen LogP contribution in [0.4, 0.5) is 5.95 Å². The number of rotatable bonds is 7. The van der Waals surface area contributed by atoms with E-state index in [-0.39, 0.29) is 0 Å². The van der Waals surface area contributed by atoms with Gasteiger partial charge in [0.1, 0.15) is 0 Å². The van der Waals surface area contributed by atoms with Crippen molar-refractivity contribution in [3.63, 3.8) is 0 Å². The number of anilines is 1. The molecule has 3 fully saturated rings. The lowest BCUT2D eigenvalue weighted by Gasteiger charge is -2.40. The monoisotopic (exact) mass is 555 g/mol. The summed E-state index contributed by atoms with van der Waals surface area (Å²) in [7, 11) is 0. The van der Waals surface area contributed by atoms with Crippen LogP contribution in [0.25, 0.3) is 17.2 Å². The van der Waals surface area contributed by atoms with E-state index in [0.29, 0.717) is 24.0 Å². The Kier molecular flexibility index (Phi) is 7.50. The van der Waals surface area contributed by atoms with Gasteiger partial charge in [-0.3, -0.25) is 4.90 Å². The highest BCUT2D eigenvalue weighted by Gasteiger charge is 2.33. The number of piperidine rings is 3. The minimum Gasteiger partial charge on any atom is -0.461 e. The zero-order valence-electron chi connectivity index (χ0n) is 23.9. The molecule has 0 atom stereocenters. The molecule has 1 aromatic carbocycles. The van der Waals surface area contributed by atoms with Crippen molar-refractivity contribution in [3.05, 3.63) is 66.1 Å². The third-order valence-corrected chi connectivity index (χ3v) is 9.37. The van der Waals surface area contributed by atoms with E-state index in [1.807, 2.05) is 41.0 Å². The molecule has 0 radical (unpaired) electrons. The second-order valence-corrected chi connectivity index (χ2v) is 12.2. The third-order valence-electron chi connectivity index (χ3n) is 9.37. The van der Waals surface area contributed by atoms with Crippen LogP contribution in [0.1, 0.15) is 56.1 Å². The molecule has 3 saturated heterocycles. The third kappa shape index (κ3) is 5.76. The molecule has 4 aromatic rings. The van der Waals surface area contributed by atoms with Crippen LogP contribution >= 0.6 is 0 Å². The van der Waals surface area contributed by atoms with Gasteiger partial charge in [-0.1, -0.05) is 36.8 Å². The van der Waals surface area contributed by atoms with E-state index in [4.69, 9.17) is 19.5 Å². The number of hydrogen-bond acceptors (Lipinski definition) is 8. The van der Waals surface area contributed by atoms with Crippen LogP contribution in [0.5, 0.6) is 0 Å². The molecule has 6 heterocycles. The molecule has 41 heavy (non-hydrogen) atoms. The Morgan fingerprint density at radius 3 is 2.41 bits per heavy atom. The number of benzene rings is 1. The normalized spacial score (nSPS) is 21.0. The molecule has 1 N–H and O–H groups in total. The molecular weight excluding hydrogens is 514 g/mol. The summed E-state index contributed by atoms with van der Waals surface area (Å²) in [5.74, 6) is 2.12. The van der Waals surface area contributed by atoms with Gasteiger partial charge in [0.15, 0.2) is 11.4 Å². The van der Waals surface area contributed by atoms with Crippen molar-refractivity contribution in [2.75, 3.05) is 44.2 Å². The molecule has 3 aliphatic rings. The van der Waals surface area contributed by atoms with Crippen molar-refractivity contribution in [1.29, 1.82) is 0 Å². The van der Waals surface area contributed by atoms with Crippen molar-refractivity contribution in [2.45, 2.75) is 69.6 Å². The number of nitrogens with zero attached hydrogens (tertiary/aromatic N) is 7. The molecule has 0 aliphatic carbocycles. The summed E-state index contributed by atoms with van der Waals surface area (Å²) in [6.45, 7) is 6.84. The van der Waals surface area contributed by atoms with Crippen LogP contribution in [0.15, 0.2) is 59.3 Å². The second kappa shape index (κ2) is 11.5. The maximum atomic E-state index is 11.3. The summed E-state index contributed by atoms with van der Waals surface area (Å²) in [6, 6.07) is 14.8. The summed E-state index contributed by atoms with van der Waals surface area (Å²) in [5, 5.41) is 16.2. The van der Waals surface area contributed by atoms with Crippen LogP contribution in [-0.4, -0.2) is 85.4 Å². The molecule has 3 aromatic heterocycles. The lowest BCUT2D eigenvalue weighted by atomic mass is 9.85. The minimum atomic E-state index is -0.656. The van der Waals surface area contributed by atoms with E-state index in [1.165, 1.54) is 37.9 Å². The molecule has 216 valence electrons. The Hall–Kier alpha value is -3.27. The van der Waals surface area contributed by atoms with Crippen LogP contribution in [0.2, 0.25) is 0 Å². The SMILES string of the molecule is OC1(Cc2ccccc2)CCN(Cc2cnc(N3CCC(N4CCCCC4)CC3)n3nc(-c4ccco4)nc23)CC1. The Bertz CT molecular complexity index is 1420. The number of likely N-dealkylation sites (tertiary alicyclic amines) is 2. The summed E-state index contributed by atoms with van der Waals surface area (Å²) < 4.78 is 7.60. The number of fused-ring (bicyclic) bond motifs is 1. The highest BCUT2D eigenvalue weighted by molar-refractivity contribution is 5.58. The average molecular weight is 556 g/mol. The maximum absolute atomic E-state index is 11.3. The fourth-order valence-electron chi connectivity index (χ4n) is 6.98. The number of aliphatic hydroxyl groups is 1. The van der Waals surface area contributed by atoms with Gasteiger partial charge < -0.3 is 19.3 Å². The molecule has 9 heteroatoms. The van der Waals surface area contributed by atoms with Crippen LogP contribution in [-0.2, 0) is 13.0 Å². The van der Waals surface area contributed by atoms with Crippen molar-refractivity contribution in [1.82, 2.24) is 29.4 Å². The Morgan fingerprint density at radius 1 is 0.902 bits per heavy atom. The lowest BCUT2D eigenvalue weighted by Crippen LogP contribution is -2.47. The van der Waals surface area contributed by atoms with E-state index in [2.05, 4.69) is 26.8 Å². The van der Waals surface area contributed by atoms with E-state index in [9.17, 15) is 5.11 Å². The number of hydrogen-bond donors (Lipinski definition) is 1. The van der Waals surface area contributed by atoms with Crippen molar-refractivity contribution in [3.8, 4) is 11.6 Å². The highest BCUT2D eigenvalue weighted by atomic mass is 16.3. The maximum Gasteiger partial charge on any atom is 0.228 e. The Balaban J connectivity index is 1.08. The fraction of sp³-hybridized carbons (Fsp3) is 0.531. The summed E-state index contributed by atoms with van der Waals surface area (Å²) in [5.41, 5.74) is 2.43. The van der Waals surface area contributed by atoms with Gasteiger partial charge in [-0.25, -0.2) is 9.97 Å². The van der Waals surface area contributed by atoms with E-state index in [1.54, 1.807) is 6.26 Å². The predicted octanol–water partition coefficient (Wildman–Crippen LogP) is 4.41. The van der Waals surface area contributed by atoms with Gasteiger partial charge >= 0.3 is 0 Å². The van der Waals surface area contributed by atoms with E-state index < -0.39 is 5.60 Å². The first-order valence-corrected chi connectivity index (χ1v) is 15.4. The smallest absolute Gasteiger partial charge is 0.228 e. The van der Waals surface area contributed by atoms with Crippen LogP contribution < -0.4 is 4.90 Å². The highest BCUT2D eigenvalue weighted by Crippen LogP contribution is 2.30. The van der Waals surface area contributed by atoms with Gasteiger partial charge in [-0.2, -0.15) is 4.52 Å². The molecule has 7 rings (SSSR count). The summed E-state index contributed by atoms with van der Waals surface area (Å²) in [6.07, 6.45) is 12.2. The minimum absolute atomic E-state index is 0.588. The number of furan rings is 1. The van der Waals surface area contributed by atoms with Gasteiger partial charge in [0.25, 0.3) is 0 Å². The molecule has 0 bridgehead atoms. The van der Waals surface area contributed by atoms with Crippen molar-refractivity contribution < 1.29 is 9.52 Å². The molecule has 0 saturated carbocycles. The quantitative estimate of drug-likeness (QED) is 0.359. The molecular formula is C32H41N7O2. The van der Waals surface area contributed by atoms with Gasteiger partial charge in [0.05, 0.1) is 11.9 Å². The first-order valence-electron chi connectivity index (χ1n) is 15.4. The predicted molar refractivity (Wildman–Crippen MR) is 159 cm³/mol. The van der Waals surface area contributed by atoms with Gasteiger partial charge in [-0.15, -0.1) is 5.10 Å². The van der Waals surface area contributed by atoms with Crippen LogP contribution in [0, 0.1) is 0 Å². The van der Waals surface area contributed by atoms with Crippen molar-refractivity contribution >= 4 is 11.6 Å². The topological polar surface area (TPSA) is 86.2 Å². The summed E-state index contributed by atoms with van der Waals surface area (Å²) >= 11 is 0. The first kappa shape index (κ1) is 26.6. The first-order chi connectivity index (χ1) is 20.1. The van der Waals surface area contributed by atoms with Gasteiger partial charge in [0, 0.05) is 56.9 Å². The average Bonchev–Trinajstić information content (AvgIpc) is 3.71. The number of aromatic nitrogens is 4. The largest absolute Gasteiger partial charge is 0.461 e. The zero-order valence-corrected chi connectivity index (χ0v) is 23.9. The van der Waals surface area contributed by atoms with Gasteiger partial charge in [-0.05, 0) is 69.3 Å². The van der Waals surface area contributed by atoms with E-state index in [0.717, 1.165) is 75.6 Å². The van der Waals surface area contributed by atoms with Crippen molar-refractivity contribution in [2.24, 2.45) is 0 Å². The van der Waals surface area contributed by atoms with Crippen LogP contribution in [0.3, 0.4) is 0 Å². The molecule has 3 aliphatic heterocycles. The molecule has 0 amide bonds. The molecule has 9 nitrogen and oxygen atoms in total. The van der Waals surface area contributed by atoms with E-state index >= 15 is 0 Å².